The van der Waals surface area contributed by atoms with E-state index in [2.05, 4.69) is 0 Å². The Morgan fingerprint density at radius 3 is 1.26 bits per heavy atom. The van der Waals surface area contributed by atoms with Gasteiger partial charge in [-0.05, 0) is 23.3 Å². The van der Waals surface area contributed by atoms with Crippen molar-refractivity contribution in [1.82, 2.24) is 0 Å². The molecule has 0 spiro atoms. The van der Waals surface area contributed by atoms with E-state index in [-0.39, 0.29) is 0 Å². The Kier molecular flexibility index (Phi) is 4.94. The summed E-state index contributed by atoms with van der Waals surface area (Å²) in [5.74, 6) is 1.36. The number of para-hydroxylation sites is 2. The van der Waals surface area contributed by atoms with Crippen LogP contribution in [0.1, 0.15) is 22.3 Å². The molecule has 0 bridgehead atoms. The lowest BCUT2D eigenvalue weighted by Gasteiger charge is -2.57. The van der Waals surface area contributed by atoms with Crippen LogP contribution < -0.4 is 9.47 Å². The number of rotatable bonds is 3. The van der Waals surface area contributed by atoms with E-state index in [0.717, 1.165) is 22.3 Å². The predicted octanol–water partition coefficient (Wildman–Crippen LogP) is 4.77. The van der Waals surface area contributed by atoms with Crippen LogP contribution in [0, 0.1) is 0 Å². The number of aliphatic hydroxyl groups excluding tert-OH is 2. The Morgan fingerprint density at radius 2 is 0.853 bits per heavy atom. The first-order valence-corrected chi connectivity index (χ1v) is 11.7. The minimum absolute atomic E-state index is 0.372. The Hall–Kier alpha value is -3.60. The van der Waals surface area contributed by atoms with Gasteiger partial charge in [0.2, 0.25) is 11.2 Å². The van der Waals surface area contributed by atoms with Crippen LogP contribution in [0.2, 0.25) is 0 Å². The number of hydrogen-bond donors (Lipinski definition) is 2. The molecule has 4 aromatic rings. The lowest BCUT2D eigenvalue weighted by atomic mass is 9.63. The highest BCUT2D eigenvalue weighted by molar-refractivity contribution is 5.49. The average molecular weight is 451 g/mol. The SMILES string of the molecule is OC1Cc2ccccc2OC1(c1ccccc1)C1(c2ccccc2)Oc2ccccc2CC1O. The van der Waals surface area contributed by atoms with Gasteiger partial charge in [0.1, 0.15) is 23.7 Å². The van der Waals surface area contributed by atoms with Crippen molar-refractivity contribution >= 4 is 0 Å². The maximum atomic E-state index is 11.9. The van der Waals surface area contributed by atoms with Gasteiger partial charge in [0.25, 0.3) is 0 Å². The van der Waals surface area contributed by atoms with E-state index in [1.807, 2.05) is 109 Å². The van der Waals surface area contributed by atoms with Crippen LogP contribution in [0.15, 0.2) is 109 Å². The van der Waals surface area contributed by atoms with Gasteiger partial charge in [0, 0.05) is 24.0 Å². The smallest absolute Gasteiger partial charge is 0.206 e. The van der Waals surface area contributed by atoms with Gasteiger partial charge in [-0.3, -0.25) is 0 Å². The van der Waals surface area contributed by atoms with Crippen molar-refractivity contribution in [1.29, 1.82) is 0 Å². The van der Waals surface area contributed by atoms with Crippen LogP contribution in [0.4, 0.5) is 0 Å². The first-order valence-electron chi connectivity index (χ1n) is 11.7. The van der Waals surface area contributed by atoms with E-state index < -0.39 is 23.4 Å². The molecule has 0 saturated heterocycles. The Bertz CT molecular complexity index is 1200. The summed E-state index contributed by atoms with van der Waals surface area (Å²) in [5.41, 5.74) is 0.540. The van der Waals surface area contributed by atoms with Crippen LogP contribution in [0.25, 0.3) is 0 Å². The first kappa shape index (κ1) is 21.0. The minimum Gasteiger partial charge on any atom is -0.475 e. The van der Waals surface area contributed by atoms with Gasteiger partial charge in [0.15, 0.2) is 0 Å². The van der Waals surface area contributed by atoms with E-state index in [9.17, 15) is 10.2 Å². The largest absolute Gasteiger partial charge is 0.475 e. The molecule has 2 aliphatic rings. The number of fused-ring (bicyclic) bond motifs is 2. The fourth-order valence-electron chi connectivity index (χ4n) is 5.68. The molecule has 0 amide bonds. The molecule has 0 saturated carbocycles. The summed E-state index contributed by atoms with van der Waals surface area (Å²) in [6.45, 7) is 0. The van der Waals surface area contributed by atoms with Crippen molar-refractivity contribution in [3.05, 3.63) is 131 Å². The molecule has 4 heteroatoms. The van der Waals surface area contributed by atoms with E-state index in [1.165, 1.54) is 0 Å². The topological polar surface area (TPSA) is 58.9 Å². The highest BCUT2D eigenvalue weighted by Gasteiger charge is 2.68. The monoisotopic (exact) mass is 450 g/mol. The van der Waals surface area contributed by atoms with Crippen LogP contribution in [0.5, 0.6) is 11.5 Å². The minimum atomic E-state index is -1.41. The highest BCUT2D eigenvalue weighted by atomic mass is 16.6. The third-order valence-electron chi connectivity index (χ3n) is 7.21. The molecule has 4 atom stereocenters. The van der Waals surface area contributed by atoms with E-state index in [4.69, 9.17) is 9.47 Å². The second kappa shape index (κ2) is 8.01. The molecular formula is C30H26O4. The molecule has 2 aliphatic heterocycles. The summed E-state index contributed by atoms with van der Waals surface area (Å²) >= 11 is 0. The van der Waals surface area contributed by atoms with Crippen LogP contribution in [-0.2, 0) is 24.0 Å². The molecule has 170 valence electrons. The molecule has 2 heterocycles. The molecule has 6 rings (SSSR count). The maximum absolute atomic E-state index is 11.9. The normalized spacial score (nSPS) is 27.6. The zero-order valence-corrected chi connectivity index (χ0v) is 18.7. The number of ether oxygens (including phenoxy) is 2. The average Bonchev–Trinajstić information content (AvgIpc) is 2.89. The molecule has 0 radical (unpaired) electrons. The third kappa shape index (κ3) is 2.92. The van der Waals surface area contributed by atoms with E-state index in [0.29, 0.717) is 24.3 Å². The number of aliphatic hydroxyl groups is 2. The van der Waals surface area contributed by atoms with Gasteiger partial charge in [0.05, 0.1) is 0 Å². The molecule has 0 aliphatic carbocycles. The van der Waals surface area contributed by atoms with Gasteiger partial charge >= 0.3 is 0 Å². The van der Waals surface area contributed by atoms with Gasteiger partial charge in [-0.25, -0.2) is 0 Å². The number of benzene rings is 4. The molecule has 4 aromatic carbocycles. The van der Waals surface area contributed by atoms with Gasteiger partial charge in [-0.15, -0.1) is 0 Å². The lowest BCUT2D eigenvalue weighted by molar-refractivity contribution is -0.237. The van der Waals surface area contributed by atoms with E-state index >= 15 is 0 Å². The Balaban J connectivity index is 1.68. The highest BCUT2D eigenvalue weighted by Crippen LogP contribution is 2.56. The molecule has 0 fully saturated rings. The van der Waals surface area contributed by atoms with Crippen LogP contribution >= 0.6 is 0 Å². The second-order valence-electron chi connectivity index (χ2n) is 9.06. The molecule has 34 heavy (non-hydrogen) atoms. The maximum Gasteiger partial charge on any atom is 0.206 e. The van der Waals surface area contributed by atoms with Gasteiger partial charge in [-0.2, -0.15) is 0 Å². The van der Waals surface area contributed by atoms with Crippen LogP contribution in [-0.4, -0.2) is 22.4 Å². The molecule has 4 nitrogen and oxygen atoms in total. The molecule has 2 N–H and O–H groups in total. The van der Waals surface area contributed by atoms with Crippen molar-refractivity contribution in [2.75, 3.05) is 0 Å². The fourth-order valence-corrected chi connectivity index (χ4v) is 5.68. The Morgan fingerprint density at radius 1 is 0.500 bits per heavy atom. The third-order valence-corrected chi connectivity index (χ3v) is 7.21. The Labute approximate surface area is 199 Å². The van der Waals surface area contributed by atoms with Gasteiger partial charge in [-0.1, -0.05) is 97.1 Å². The summed E-state index contributed by atoms with van der Waals surface area (Å²) in [6.07, 6.45) is -1.22. The second-order valence-corrected chi connectivity index (χ2v) is 9.06. The van der Waals surface area contributed by atoms with Gasteiger partial charge < -0.3 is 19.7 Å². The van der Waals surface area contributed by atoms with Crippen molar-refractivity contribution in [3.63, 3.8) is 0 Å². The zero-order valence-electron chi connectivity index (χ0n) is 18.7. The molecular weight excluding hydrogens is 424 g/mol. The number of hydrogen-bond acceptors (Lipinski definition) is 4. The molecule has 4 unspecified atom stereocenters. The first-order chi connectivity index (χ1) is 16.6. The lowest BCUT2D eigenvalue weighted by Crippen LogP contribution is -2.70. The summed E-state index contributed by atoms with van der Waals surface area (Å²) < 4.78 is 13.7. The van der Waals surface area contributed by atoms with E-state index in [1.54, 1.807) is 0 Å². The summed E-state index contributed by atoms with van der Waals surface area (Å²) in [4.78, 5) is 0. The summed E-state index contributed by atoms with van der Waals surface area (Å²) in [6, 6.07) is 34.9. The standard InChI is InChI=1S/C30H26O4/c31-27-19-21-11-7-9-17-25(21)33-29(27,23-13-3-1-4-14-23)30(24-15-5-2-6-16-24)28(32)20-22-12-8-10-18-26(22)34-30/h1-18,27-28,31-32H,19-20H2. The predicted molar refractivity (Wildman–Crippen MR) is 130 cm³/mol. The summed E-state index contributed by atoms with van der Waals surface area (Å²) in [7, 11) is 0. The summed E-state index contributed by atoms with van der Waals surface area (Å²) in [5, 5.41) is 23.9. The van der Waals surface area contributed by atoms with Crippen molar-refractivity contribution in [2.45, 2.75) is 36.3 Å². The zero-order chi connectivity index (χ0) is 23.2. The van der Waals surface area contributed by atoms with Crippen molar-refractivity contribution in [2.24, 2.45) is 0 Å². The van der Waals surface area contributed by atoms with Crippen molar-refractivity contribution in [3.8, 4) is 11.5 Å². The van der Waals surface area contributed by atoms with Crippen LogP contribution in [0.3, 0.4) is 0 Å². The molecule has 0 aromatic heterocycles. The quantitative estimate of drug-likeness (QED) is 0.472. The fraction of sp³-hybridized carbons (Fsp3) is 0.200. The van der Waals surface area contributed by atoms with Crippen molar-refractivity contribution < 1.29 is 19.7 Å².